The molecule has 0 radical (unpaired) electrons. The van der Waals surface area contributed by atoms with Gasteiger partial charge in [0, 0.05) is 30.8 Å². The molecule has 1 aliphatic rings. The Kier molecular flexibility index (Phi) is 6.15. The average molecular weight is 353 g/mol. The number of esters is 1. The Morgan fingerprint density at radius 3 is 2.38 bits per heavy atom. The number of nitrogens with zero attached hydrogens (tertiary/aromatic N) is 1. The van der Waals surface area contributed by atoms with Crippen molar-refractivity contribution in [3.8, 4) is 0 Å². The largest absolute Gasteiger partial charge is 0.462 e. The van der Waals surface area contributed by atoms with Crippen molar-refractivity contribution in [3.05, 3.63) is 70.8 Å². The number of ether oxygens (including phenoxy) is 2. The molecule has 2 aromatic carbocycles. The predicted molar refractivity (Wildman–Crippen MR) is 98.4 cm³/mol. The normalized spacial score (nSPS) is 14.8. The van der Waals surface area contributed by atoms with E-state index in [9.17, 15) is 9.59 Å². The zero-order chi connectivity index (χ0) is 18.4. The number of carbonyl (C=O) groups excluding carboxylic acids is 2. The molecule has 0 saturated carbocycles. The smallest absolute Gasteiger partial charge is 0.338 e. The van der Waals surface area contributed by atoms with Crippen LogP contribution in [0.1, 0.15) is 38.8 Å². The van der Waals surface area contributed by atoms with Crippen LogP contribution in [-0.2, 0) is 16.0 Å². The van der Waals surface area contributed by atoms with Crippen LogP contribution >= 0.6 is 0 Å². The number of hydrogen-bond donors (Lipinski definition) is 0. The Labute approximate surface area is 153 Å². The average Bonchev–Trinajstić information content (AvgIpc) is 2.69. The molecule has 1 fully saturated rings. The van der Waals surface area contributed by atoms with E-state index < -0.39 is 5.97 Å². The van der Waals surface area contributed by atoms with Crippen molar-refractivity contribution in [2.75, 3.05) is 32.9 Å². The number of morpholine rings is 1. The molecule has 0 atom stereocenters. The van der Waals surface area contributed by atoms with Gasteiger partial charge in [-0.3, -0.25) is 9.69 Å². The summed E-state index contributed by atoms with van der Waals surface area (Å²) in [6.45, 7) is 6.17. The summed E-state index contributed by atoms with van der Waals surface area (Å²) in [6, 6.07) is 14.3. The number of carbonyl (C=O) groups is 2. The van der Waals surface area contributed by atoms with Crippen LogP contribution in [0.15, 0.2) is 48.5 Å². The SMILES string of the molecule is CCOC(=O)c1cccc(C(=O)c2cccc(CN3CCOCC3)c2)c1. The lowest BCUT2D eigenvalue weighted by Crippen LogP contribution is -2.35. The summed E-state index contributed by atoms with van der Waals surface area (Å²) in [4.78, 5) is 27.0. The number of hydrogen-bond acceptors (Lipinski definition) is 5. The van der Waals surface area contributed by atoms with E-state index in [4.69, 9.17) is 9.47 Å². The van der Waals surface area contributed by atoms with Gasteiger partial charge in [0.15, 0.2) is 5.78 Å². The highest BCUT2D eigenvalue weighted by Crippen LogP contribution is 2.16. The number of benzene rings is 2. The van der Waals surface area contributed by atoms with Gasteiger partial charge < -0.3 is 9.47 Å². The summed E-state index contributed by atoms with van der Waals surface area (Å²) >= 11 is 0. The van der Waals surface area contributed by atoms with Gasteiger partial charge >= 0.3 is 5.97 Å². The van der Waals surface area contributed by atoms with Crippen molar-refractivity contribution in [3.63, 3.8) is 0 Å². The maximum atomic E-state index is 12.8. The summed E-state index contributed by atoms with van der Waals surface area (Å²) < 4.78 is 10.4. The minimum Gasteiger partial charge on any atom is -0.462 e. The third-order valence-electron chi connectivity index (χ3n) is 4.33. The van der Waals surface area contributed by atoms with Crippen LogP contribution < -0.4 is 0 Å². The van der Waals surface area contributed by atoms with E-state index in [0.29, 0.717) is 23.3 Å². The van der Waals surface area contributed by atoms with Gasteiger partial charge in [-0.15, -0.1) is 0 Å². The molecule has 0 N–H and O–H groups in total. The van der Waals surface area contributed by atoms with Gasteiger partial charge in [-0.1, -0.05) is 30.3 Å². The molecular weight excluding hydrogens is 330 g/mol. The van der Waals surface area contributed by atoms with E-state index in [2.05, 4.69) is 4.90 Å². The van der Waals surface area contributed by atoms with Gasteiger partial charge in [-0.05, 0) is 30.7 Å². The lowest BCUT2D eigenvalue weighted by atomic mass is 9.99. The predicted octanol–water partition coefficient (Wildman–Crippen LogP) is 2.93. The molecule has 5 heteroatoms. The lowest BCUT2D eigenvalue weighted by molar-refractivity contribution is 0.0342. The maximum absolute atomic E-state index is 12.8. The molecule has 136 valence electrons. The zero-order valence-electron chi connectivity index (χ0n) is 14.9. The van der Waals surface area contributed by atoms with Crippen molar-refractivity contribution < 1.29 is 19.1 Å². The summed E-state index contributed by atoms with van der Waals surface area (Å²) in [7, 11) is 0. The first-order chi connectivity index (χ1) is 12.7. The van der Waals surface area contributed by atoms with Gasteiger partial charge in [0.25, 0.3) is 0 Å². The van der Waals surface area contributed by atoms with Crippen LogP contribution in [0.5, 0.6) is 0 Å². The summed E-state index contributed by atoms with van der Waals surface area (Å²) in [5.74, 6) is -0.511. The summed E-state index contributed by atoms with van der Waals surface area (Å²) in [5, 5.41) is 0. The fraction of sp³-hybridized carbons (Fsp3) is 0.333. The molecule has 0 spiro atoms. The second-order valence-electron chi connectivity index (χ2n) is 6.22. The molecule has 1 aliphatic heterocycles. The topological polar surface area (TPSA) is 55.8 Å². The fourth-order valence-electron chi connectivity index (χ4n) is 3.00. The van der Waals surface area contributed by atoms with E-state index in [0.717, 1.165) is 38.4 Å². The van der Waals surface area contributed by atoms with E-state index >= 15 is 0 Å². The molecule has 0 bridgehead atoms. The minimum atomic E-state index is -0.414. The van der Waals surface area contributed by atoms with Crippen LogP contribution in [0.4, 0.5) is 0 Å². The number of ketones is 1. The highest BCUT2D eigenvalue weighted by Gasteiger charge is 2.15. The summed E-state index contributed by atoms with van der Waals surface area (Å²) in [6.07, 6.45) is 0. The Morgan fingerprint density at radius 2 is 1.65 bits per heavy atom. The van der Waals surface area contributed by atoms with Crippen molar-refractivity contribution in [1.29, 1.82) is 0 Å². The van der Waals surface area contributed by atoms with E-state index in [1.807, 2.05) is 24.3 Å². The Hall–Kier alpha value is -2.50. The van der Waals surface area contributed by atoms with E-state index in [-0.39, 0.29) is 5.78 Å². The standard InChI is InChI=1S/C21H23NO4/c1-2-26-21(24)19-8-4-7-18(14-19)20(23)17-6-3-5-16(13-17)15-22-9-11-25-12-10-22/h3-8,13-14H,2,9-12,15H2,1H3. The zero-order valence-corrected chi connectivity index (χ0v) is 14.9. The van der Waals surface area contributed by atoms with Gasteiger partial charge in [0.1, 0.15) is 0 Å². The maximum Gasteiger partial charge on any atom is 0.338 e. The molecule has 3 rings (SSSR count). The van der Waals surface area contributed by atoms with Gasteiger partial charge in [-0.25, -0.2) is 4.79 Å². The first kappa shape index (κ1) is 18.3. The molecule has 0 unspecified atom stereocenters. The number of rotatable bonds is 6. The fourth-order valence-corrected chi connectivity index (χ4v) is 3.00. The van der Waals surface area contributed by atoms with Crippen molar-refractivity contribution >= 4 is 11.8 Å². The highest BCUT2D eigenvalue weighted by atomic mass is 16.5. The lowest BCUT2D eigenvalue weighted by Gasteiger charge is -2.26. The second-order valence-corrected chi connectivity index (χ2v) is 6.22. The molecule has 0 aromatic heterocycles. The van der Waals surface area contributed by atoms with Crippen molar-refractivity contribution in [1.82, 2.24) is 4.90 Å². The van der Waals surface area contributed by atoms with Gasteiger partial charge in [0.2, 0.25) is 0 Å². The van der Waals surface area contributed by atoms with Crippen LogP contribution in [-0.4, -0.2) is 49.6 Å². The van der Waals surface area contributed by atoms with Crippen LogP contribution in [0.3, 0.4) is 0 Å². The monoisotopic (exact) mass is 353 g/mol. The molecule has 0 aliphatic carbocycles. The summed E-state index contributed by atoms with van der Waals surface area (Å²) in [5.41, 5.74) is 2.59. The van der Waals surface area contributed by atoms with Crippen LogP contribution in [0.25, 0.3) is 0 Å². The quantitative estimate of drug-likeness (QED) is 0.590. The minimum absolute atomic E-state index is 0.0972. The Bertz CT molecular complexity index is 781. The Morgan fingerprint density at radius 1 is 1.00 bits per heavy atom. The molecule has 0 amide bonds. The third-order valence-corrected chi connectivity index (χ3v) is 4.33. The molecule has 1 saturated heterocycles. The first-order valence-corrected chi connectivity index (χ1v) is 8.88. The molecular formula is C21H23NO4. The Balaban J connectivity index is 1.76. The van der Waals surface area contributed by atoms with Gasteiger partial charge in [-0.2, -0.15) is 0 Å². The first-order valence-electron chi connectivity index (χ1n) is 8.88. The van der Waals surface area contributed by atoms with E-state index in [1.54, 1.807) is 31.2 Å². The second kappa shape index (κ2) is 8.74. The van der Waals surface area contributed by atoms with Crippen LogP contribution in [0.2, 0.25) is 0 Å². The van der Waals surface area contributed by atoms with Gasteiger partial charge in [0.05, 0.1) is 25.4 Å². The highest BCUT2D eigenvalue weighted by molar-refractivity contribution is 6.10. The molecule has 5 nitrogen and oxygen atoms in total. The van der Waals surface area contributed by atoms with E-state index in [1.165, 1.54) is 0 Å². The molecule has 26 heavy (non-hydrogen) atoms. The molecule has 1 heterocycles. The van der Waals surface area contributed by atoms with Crippen LogP contribution in [0, 0.1) is 0 Å². The van der Waals surface area contributed by atoms with Crippen molar-refractivity contribution in [2.24, 2.45) is 0 Å². The van der Waals surface area contributed by atoms with Crippen molar-refractivity contribution in [2.45, 2.75) is 13.5 Å². The third kappa shape index (κ3) is 4.56. The molecule has 2 aromatic rings.